The van der Waals surface area contributed by atoms with Gasteiger partial charge in [0.1, 0.15) is 0 Å². The third kappa shape index (κ3) is 6.63. The normalized spacial score (nSPS) is 14.0. The van der Waals surface area contributed by atoms with Crippen molar-refractivity contribution >= 4 is 39.0 Å². The summed E-state index contributed by atoms with van der Waals surface area (Å²) in [6, 6.07) is 28.4. The number of hydrogen-bond acceptors (Lipinski definition) is 2. The van der Waals surface area contributed by atoms with Crippen LogP contribution in [0.4, 0.5) is 0 Å². The van der Waals surface area contributed by atoms with Crippen LogP contribution in [0.15, 0.2) is 72.8 Å². The molecule has 0 N–H and O–H groups in total. The van der Waals surface area contributed by atoms with Gasteiger partial charge in [-0.1, -0.05) is 0 Å². The fourth-order valence-corrected chi connectivity index (χ4v) is 7.27. The summed E-state index contributed by atoms with van der Waals surface area (Å²) in [5.41, 5.74) is 4.24. The van der Waals surface area contributed by atoms with Crippen LogP contribution in [0.3, 0.4) is 0 Å². The summed E-state index contributed by atoms with van der Waals surface area (Å²) in [7, 11) is 0. The van der Waals surface area contributed by atoms with Crippen molar-refractivity contribution in [3.63, 3.8) is 0 Å². The zero-order chi connectivity index (χ0) is 22.2. The molecule has 2 nitrogen and oxygen atoms in total. The van der Waals surface area contributed by atoms with E-state index >= 15 is 0 Å². The van der Waals surface area contributed by atoms with Gasteiger partial charge in [-0.2, -0.15) is 0 Å². The first-order chi connectivity index (χ1) is 15.0. The summed E-state index contributed by atoms with van der Waals surface area (Å²) in [5, 5.41) is 20.3. The Balaban J connectivity index is 1.90. The molecule has 31 heavy (non-hydrogen) atoms. The van der Waals surface area contributed by atoms with Crippen LogP contribution in [-0.2, 0) is 6.42 Å². The van der Waals surface area contributed by atoms with Crippen LogP contribution in [-0.4, -0.2) is 15.8 Å². The van der Waals surface area contributed by atoms with Crippen molar-refractivity contribution in [3.8, 4) is 12.1 Å². The Morgan fingerprint density at radius 1 is 0.871 bits per heavy atom. The van der Waals surface area contributed by atoms with Gasteiger partial charge in [0.2, 0.25) is 0 Å². The molecule has 3 rings (SSSR count). The average Bonchev–Trinajstić information content (AvgIpc) is 2.79. The second-order valence-corrected chi connectivity index (χ2v) is 12.0. The van der Waals surface area contributed by atoms with E-state index in [0.717, 1.165) is 11.4 Å². The van der Waals surface area contributed by atoms with Crippen molar-refractivity contribution < 1.29 is 0 Å². The predicted molar refractivity (Wildman–Crippen MR) is 129 cm³/mol. The topological polar surface area (TPSA) is 47.6 Å². The second-order valence-electron chi connectivity index (χ2n) is 7.49. The Labute approximate surface area is 201 Å². The zero-order valence-corrected chi connectivity index (χ0v) is 20.6. The van der Waals surface area contributed by atoms with E-state index in [0.29, 0.717) is 21.7 Å². The number of hydrogen-bond donors (Lipinski definition) is 0. The zero-order valence-electron chi connectivity index (χ0n) is 17.2. The summed E-state index contributed by atoms with van der Waals surface area (Å²) in [6.07, 6.45) is 1.36. The molecule has 155 valence electrons. The predicted octanol–water partition coefficient (Wildman–Crippen LogP) is 7.36. The molecular weight excluding hydrogens is 486 g/mol. The Morgan fingerprint density at radius 3 is 2.13 bits per heavy atom. The Bertz CT molecular complexity index is 1080. The fourth-order valence-electron chi connectivity index (χ4n) is 3.70. The van der Waals surface area contributed by atoms with Gasteiger partial charge in [-0.05, 0) is 0 Å². The van der Waals surface area contributed by atoms with E-state index in [2.05, 4.69) is 37.3 Å². The van der Waals surface area contributed by atoms with Gasteiger partial charge in [-0.25, -0.2) is 0 Å². The average molecular weight is 508 g/mol. The van der Waals surface area contributed by atoms with E-state index in [9.17, 15) is 10.5 Å². The van der Waals surface area contributed by atoms with Crippen molar-refractivity contribution in [2.24, 2.45) is 0 Å². The molecule has 3 atom stereocenters. The van der Waals surface area contributed by atoms with E-state index in [-0.39, 0.29) is 26.4 Å². The van der Waals surface area contributed by atoms with E-state index < -0.39 is 0 Å². The van der Waals surface area contributed by atoms with Crippen LogP contribution in [0.1, 0.15) is 46.2 Å². The molecule has 0 aliphatic heterocycles. The van der Waals surface area contributed by atoms with Gasteiger partial charge in [0.05, 0.1) is 0 Å². The van der Waals surface area contributed by atoms with Crippen LogP contribution in [0, 0.1) is 22.7 Å². The van der Waals surface area contributed by atoms with Crippen LogP contribution in [0.25, 0.3) is 0 Å². The number of rotatable bonds is 8. The molecule has 0 aromatic heterocycles. The first-order valence-electron chi connectivity index (χ1n) is 10.1. The minimum absolute atomic E-state index is 0.178. The number of nitriles is 2. The molecule has 5 heteroatoms. The van der Waals surface area contributed by atoms with Gasteiger partial charge in [-0.3, -0.25) is 0 Å². The van der Waals surface area contributed by atoms with E-state index in [1.807, 2.05) is 54.6 Å². The summed E-state index contributed by atoms with van der Waals surface area (Å²) in [5.74, 6) is 0.253. The molecule has 1 unspecified atom stereocenters. The molecule has 0 fully saturated rings. The standard InChI is InChI=1S/C26H22AsCl2N2/c1-18(27-26(13-14-30)21-7-11-24(29)12-8-21)25(16-19-5-9-23(28)10-6-19)22-4-2-3-20(15-22)17-31/h2-12,15,18,25-26H,13,16H2,1H3/t18-,25+,26?/m0/s1. The van der Waals surface area contributed by atoms with Gasteiger partial charge in [0.15, 0.2) is 0 Å². The maximum atomic E-state index is 9.44. The second kappa shape index (κ2) is 11.4. The third-order valence-electron chi connectivity index (χ3n) is 5.35. The fraction of sp³-hybridized carbons (Fsp3) is 0.231. The van der Waals surface area contributed by atoms with Crippen molar-refractivity contribution in [2.75, 3.05) is 0 Å². The Morgan fingerprint density at radius 2 is 1.52 bits per heavy atom. The van der Waals surface area contributed by atoms with Crippen molar-refractivity contribution in [1.29, 1.82) is 10.5 Å². The maximum absolute atomic E-state index is 9.44. The SMILES string of the molecule is C[C@H]([As]C(CC#N)c1ccc(Cl)cc1)[C@@H](Cc1ccc(Cl)cc1)c1cccc(C#N)c1. The molecule has 0 aliphatic rings. The Hall–Kier alpha value is -2.22. The molecule has 0 saturated carbocycles. The van der Waals surface area contributed by atoms with Crippen LogP contribution in [0.5, 0.6) is 0 Å². The minimum atomic E-state index is -0.178. The summed E-state index contributed by atoms with van der Waals surface area (Å²) >= 11 is 12.0. The van der Waals surface area contributed by atoms with Crippen LogP contribution >= 0.6 is 23.2 Å². The molecule has 0 spiro atoms. The van der Waals surface area contributed by atoms with E-state index in [4.69, 9.17) is 23.2 Å². The van der Waals surface area contributed by atoms with Gasteiger partial charge in [-0.15, -0.1) is 0 Å². The Kier molecular flexibility index (Phi) is 8.63. The monoisotopic (exact) mass is 507 g/mol. The number of nitrogens with zero attached hydrogens (tertiary/aromatic N) is 2. The first kappa shape index (κ1) is 23.4. The van der Waals surface area contributed by atoms with E-state index in [1.165, 1.54) is 16.7 Å². The molecule has 3 aromatic rings. The van der Waals surface area contributed by atoms with Gasteiger partial charge in [0, 0.05) is 0 Å². The van der Waals surface area contributed by atoms with Gasteiger partial charge < -0.3 is 0 Å². The van der Waals surface area contributed by atoms with Crippen molar-refractivity contribution in [1.82, 2.24) is 0 Å². The summed E-state index contributed by atoms with van der Waals surface area (Å²) in [6.45, 7) is 2.28. The molecule has 0 saturated heterocycles. The molecule has 1 radical (unpaired) electrons. The molecule has 3 aromatic carbocycles. The van der Waals surface area contributed by atoms with Crippen LogP contribution < -0.4 is 0 Å². The first-order valence-corrected chi connectivity index (χ1v) is 13.0. The molecular formula is C26H22AsCl2N2. The van der Waals surface area contributed by atoms with Crippen molar-refractivity contribution in [3.05, 3.63) is 105 Å². The quantitative estimate of drug-likeness (QED) is 0.299. The van der Waals surface area contributed by atoms with Gasteiger partial charge >= 0.3 is 202 Å². The van der Waals surface area contributed by atoms with Gasteiger partial charge in [0.25, 0.3) is 0 Å². The molecule has 0 bridgehead atoms. The third-order valence-corrected chi connectivity index (χ3v) is 9.36. The summed E-state index contributed by atoms with van der Waals surface area (Å²) < 4.78 is 0.607. The molecule has 0 aliphatic carbocycles. The number of benzene rings is 3. The molecule has 0 heterocycles. The summed E-state index contributed by atoms with van der Waals surface area (Å²) in [4.78, 5) is 0. The molecule has 0 amide bonds. The van der Waals surface area contributed by atoms with Crippen LogP contribution in [0.2, 0.25) is 14.8 Å². The van der Waals surface area contributed by atoms with Crippen molar-refractivity contribution in [2.45, 2.75) is 35.1 Å². The number of halogens is 2. The van der Waals surface area contributed by atoms with E-state index in [1.54, 1.807) is 0 Å².